The van der Waals surface area contributed by atoms with Gasteiger partial charge in [-0.15, -0.1) is 0 Å². The molecule has 332 valence electrons. The van der Waals surface area contributed by atoms with Crippen molar-refractivity contribution in [3.63, 3.8) is 0 Å². The van der Waals surface area contributed by atoms with Crippen molar-refractivity contribution in [2.24, 2.45) is 35.5 Å². The summed E-state index contributed by atoms with van der Waals surface area (Å²) < 4.78 is 99.4. The lowest BCUT2D eigenvalue weighted by Gasteiger charge is -2.37. The maximum Gasteiger partial charge on any atom is 0.425 e. The first-order valence-electron chi connectivity index (χ1n) is 20.8. The molecule has 8 heterocycles. The van der Waals surface area contributed by atoms with Gasteiger partial charge in [0.15, 0.2) is 46.7 Å². The summed E-state index contributed by atoms with van der Waals surface area (Å²) in [6, 6.07) is 6.25. The second-order valence-electron chi connectivity index (χ2n) is 16.9. The van der Waals surface area contributed by atoms with E-state index in [1.165, 1.54) is 44.2 Å². The maximum absolute atomic E-state index is 12.9. The molecule has 0 aromatic carbocycles. The molecule has 0 N–H and O–H groups in total. The number of rotatable bonds is 10. The third kappa shape index (κ3) is 8.85. The number of piperidine rings is 2. The monoisotopic (exact) mass is 904 g/mol. The van der Waals surface area contributed by atoms with Crippen molar-refractivity contribution in [2.75, 3.05) is 36.0 Å². The van der Waals surface area contributed by atoms with Gasteiger partial charge in [0, 0.05) is 74.5 Å². The Kier molecular flexibility index (Phi) is 11.4. The number of fused-ring (bicyclic) bond motifs is 6. The van der Waals surface area contributed by atoms with Crippen LogP contribution in [0.5, 0.6) is 11.5 Å². The fourth-order valence-corrected chi connectivity index (χ4v) is 11.0. The van der Waals surface area contributed by atoms with Crippen LogP contribution < -0.4 is 19.3 Å². The molecule has 2 saturated carbocycles. The number of aromatic nitrogens is 10. The van der Waals surface area contributed by atoms with Crippen molar-refractivity contribution >= 4 is 44.6 Å². The predicted octanol–water partition coefficient (Wildman–Crippen LogP) is 7.85. The van der Waals surface area contributed by atoms with Crippen LogP contribution in [-0.2, 0) is 12.8 Å². The molecule has 2 aliphatic heterocycles. The first-order chi connectivity index (χ1) is 29.6. The standard InChI is InChI=1S/2C20H23F3N6OS/c2*1-11(20(21,22)23)30-16-4-3-7-29-18(16)25-17(26-29)8-15-13-5-6-14(15)10-28(9-13)19-24-12(2)27-31-19/h2*3-4,7,11,13-15H,5-6,8-10H2,1-2H3/t2*11-,13-,14+,15?/m10/s1. The Morgan fingerprint density at radius 1 is 0.613 bits per heavy atom. The highest BCUT2D eigenvalue weighted by Gasteiger charge is 2.45. The Labute approximate surface area is 361 Å². The van der Waals surface area contributed by atoms with Gasteiger partial charge in [-0.2, -0.15) is 45.3 Å². The molecule has 10 rings (SSSR count). The third-order valence-corrected chi connectivity index (χ3v) is 14.5. The van der Waals surface area contributed by atoms with Crippen LogP contribution in [0.4, 0.5) is 36.6 Å². The van der Waals surface area contributed by atoms with Crippen molar-refractivity contribution in [1.82, 2.24) is 47.9 Å². The highest BCUT2D eigenvalue weighted by Crippen LogP contribution is 2.46. The van der Waals surface area contributed by atoms with E-state index in [1.54, 1.807) is 24.5 Å². The summed E-state index contributed by atoms with van der Waals surface area (Å²) in [7, 11) is 0. The smallest absolute Gasteiger partial charge is 0.425 e. The zero-order valence-electron chi connectivity index (χ0n) is 34.4. The Bertz CT molecular complexity index is 2310. The van der Waals surface area contributed by atoms with Gasteiger partial charge in [-0.1, -0.05) is 0 Å². The topological polar surface area (TPSA) is 137 Å². The molecule has 62 heavy (non-hydrogen) atoms. The van der Waals surface area contributed by atoms with Crippen LogP contribution in [0.2, 0.25) is 0 Å². The summed E-state index contributed by atoms with van der Waals surface area (Å²) >= 11 is 2.89. The lowest BCUT2D eigenvalue weighted by molar-refractivity contribution is -0.189. The highest BCUT2D eigenvalue weighted by atomic mass is 32.1. The Balaban J connectivity index is 0.000000158. The molecule has 0 spiro atoms. The Morgan fingerprint density at radius 2 is 0.984 bits per heavy atom. The zero-order valence-corrected chi connectivity index (χ0v) is 36.1. The number of halogens is 6. The molecular formula is C40H46F6N12O2S2. The fourth-order valence-electron chi connectivity index (χ4n) is 9.62. The fraction of sp³-hybridized carbons (Fsp3) is 0.600. The normalized spacial score (nSPS) is 24.7. The average Bonchev–Trinajstić information content (AvgIpc) is 4.08. The molecule has 22 heteroatoms. The lowest BCUT2D eigenvalue weighted by atomic mass is 9.82. The summed E-state index contributed by atoms with van der Waals surface area (Å²) in [4.78, 5) is 22.8. The predicted molar refractivity (Wildman–Crippen MR) is 219 cm³/mol. The Hall–Kier alpha value is -4.86. The van der Waals surface area contributed by atoms with E-state index in [1.807, 2.05) is 13.8 Å². The van der Waals surface area contributed by atoms with Crippen LogP contribution >= 0.6 is 23.1 Å². The van der Waals surface area contributed by atoms with E-state index in [9.17, 15) is 26.3 Å². The van der Waals surface area contributed by atoms with Gasteiger partial charge in [-0.05, 0) is 113 Å². The van der Waals surface area contributed by atoms with Gasteiger partial charge in [0.1, 0.15) is 11.6 Å². The van der Waals surface area contributed by atoms with Crippen LogP contribution in [0.1, 0.15) is 62.8 Å². The third-order valence-electron chi connectivity index (χ3n) is 12.7. The number of hydrogen-bond donors (Lipinski definition) is 0. The van der Waals surface area contributed by atoms with E-state index in [4.69, 9.17) is 9.47 Å². The van der Waals surface area contributed by atoms with Gasteiger partial charge in [0.05, 0.1) is 0 Å². The molecule has 4 bridgehead atoms. The molecule has 6 aromatic heterocycles. The number of nitrogens with zero attached hydrogens (tertiary/aromatic N) is 12. The molecule has 6 aromatic rings. The van der Waals surface area contributed by atoms with E-state index in [-0.39, 0.29) is 11.5 Å². The minimum atomic E-state index is -4.44. The maximum atomic E-state index is 12.9. The average molecular weight is 905 g/mol. The van der Waals surface area contributed by atoms with Crippen molar-refractivity contribution in [3.05, 3.63) is 60.0 Å². The number of alkyl halides is 6. The van der Waals surface area contributed by atoms with E-state index in [2.05, 4.69) is 48.7 Å². The number of hydrogen-bond acceptors (Lipinski definition) is 14. The van der Waals surface area contributed by atoms with Crippen molar-refractivity contribution in [3.8, 4) is 11.5 Å². The van der Waals surface area contributed by atoms with Crippen LogP contribution in [0, 0.1) is 49.4 Å². The highest BCUT2D eigenvalue weighted by molar-refractivity contribution is 7.10. The van der Waals surface area contributed by atoms with E-state index < -0.39 is 24.6 Å². The van der Waals surface area contributed by atoms with Crippen molar-refractivity contribution in [1.29, 1.82) is 0 Å². The van der Waals surface area contributed by atoms with E-state index in [0.717, 1.165) is 87.6 Å². The number of pyridine rings is 2. The SMILES string of the molecule is Cc1nsc(N2C[C@H]3CC[C@@H](C2)C3Cc2nc3c(O[C@@H](C)C(F)(F)F)cccn3n2)n1.Cc1nsc(N2C[C@H]3CC[C@@H](C2)C3Cc2nc3c(O[C@H](C)C(F)(F)F)cccn3n2)n1. The molecule has 14 nitrogen and oxygen atoms in total. The van der Waals surface area contributed by atoms with Gasteiger partial charge in [0.25, 0.3) is 0 Å². The van der Waals surface area contributed by atoms with Crippen LogP contribution in [-0.4, -0.2) is 98.7 Å². The minimum Gasteiger partial charge on any atom is -0.477 e. The van der Waals surface area contributed by atoms with Gasteiger partial charge in [0.2, 0.25) is 10.3 Å². The second-order valence-corrected chi connectivity index (χ2v) is 18.4. The minimum absolute atomic E-state index is 0.0931. The molecule has 2 aliphatic carbocycles. The summed E-state index contributed by atoms with van der Waals surface area (Å²) in [6.45, 7) is 9.58. The van der Waals surface area contributed by atoms with Crippen LogP contribution in [0.3, 0.4) is 0 Å². The van der Waals surface area contributed by atoms with Gasteiger partial charge in [-0.3, -0.25) is 0 Å². The summed E-state index contributed by atoms with van der Waals surface area (Å²) in [5, 5.41) is 11.0. The van der Waals surface area contributed by atoms with E-state index in [0.29, 0.717) is 71.3 Å². The van der Waals surface area contributed by atoms with Gasteiger partial charge >= 0.3 is 12.4 Å². The first kappa shape index (κ1) is 42.4. The molecule has 4 fully saturated rings. The van der Waals surface area contributed by atoms with Gasteiger partial charge < -0.3 is 19.3 Å². The summed E-state index contributed by atoms with van der Waals surface area (Å²) in [6.07, 6.45) is -3.25. The molecule has 2 saturated heterocycles. The van der Waals surface area contributed by atoms with Crippen LogP contribution in [0.25, 0.3) is 11.3 Å². The van der Waals surface area contributed by atoms with Gasteiger partial charge in [-0.25, -0.2) is 29.0 Å². The first-order valence-corrected chi connectivity index (χ1v) is 22.4. The largest absolute Gasteiger partial charge is 0.477 e. The molecule has 2 unspecified atom stereocenters. The molecule has 8 atom stereocenters. The quantitative estimate of drug-likeness (QED) is 0.124. The molecule has 4 aliphatic rings. The molecular weight excluding hydrogens is 859 g/mol. The number of ether oxygens (including phenoxy) is 2. The van der Waals surface area contributed by atoms with E-state index >= 15 is 0 Å². The number of anilines is 2. The summed E-state index contributed by atoms with van der Waals surface area (Å²) in [5.74, 6) is 6.11. The summed E-state index contributed by atoms with van der Waals surface area (Å²) in [5.41, 5.74) is 0.644. The molecule has 0 radical (unpaired) electrons. The lowest BCUT2D eigenvalue weighted by Crippen LogP contribution is -2.42. The van der Waals surface area contributed by atoms with Crippen molar-refractivity contribution in [2.45, 2.75) is 90.8 Å². The van der Waals surface area contributed by atoms with Crippen LogP contribution in [0.15, 0.2) is 36.7 Å². The molecule has 0 amide bonds. The zero-order chi connectivity index (χ0) is 43.5. The number of aryl methyl sites for hydroxylation is 2. The Morgan fingerprint density at radius 3 is 1.31 bits per heavy atom. The van der Waals surface area contributed by atoms with Crippen molar-refractivity contribution < 1.29 is 35.8 Å². The second kappa shape index (κ2) is 16.7.